The van der Waals surface area contributed by atoms with Gasteiger partial charge in [0.15, 0.2) is 5.78 Å². The number of rotatable bonds is 4. The SMILES string of the molecule is O=C(Cc1ccc(Cl)c(C(F)(F)F)c1)Nc1cccc2c1C(=O)CN(C1CCC1)C2. The van der Waals surface area contributed by atoms with E-state index < -0.39 is 22.7 Å². The number of carbonyl (C=O) groups excluding carboxylic acids is 2. The van der Waals surface area contributed by atoms with Gasteiger partial charge in [-0.2, -0.15) is 13.2 Å². The van der Waals surface area contributed by atoms with Crippen LogP contribution in [0, 0.1) is 0 Å². The third kappa shape index (κ3) is 4.23. The summed E-state index contributed by atoms with van der Waals surface area (Å²) in [5, 5.41) is 2.29. The molecule has 1 N–H and O–H groups in total. The molecule has 1 amide bonds. The van der Waals surface area contributed by atoms with Crippen molar-refractivity contribution in [2.45, 2.75) is 44.4 Å². The summed E-state index contributed by atoms with van der Waals surface area (Å²) < 4.78 is 39.1. The predicted octanol–water partition coefficient (Wildman–Crippen LogP) is 5.09. The van der Waals surface area contributed by atoms with Gasteiger partial charge in [-0.3, -0.25) is 14.5 Å². The van der Waals surface area contributed by atoms with E-state index in [1.54, 1.807) is 12.1 Å². The maximum absolute atomic E-state index is 13.0. The third-order valence-electron chi connectivity index (χ3n) is 5.72. The molecule has 0 bridgehead atoms. The van der Waals surface area contributed by atoms with Crippen LogP contribution in [0.15, 0.2) is 36.4 Å². The van der Waals surface area contributed by atoms with Gasteiger partial charge in [0, 0.05) is 18.2 Å². The van der Waals surface area contributed by atoms with Crippen molar-refractivity contribution in [2.75, 3.05) is 11.9 Å². The Morgan fingerprint density at radius 1 is 1.17 bits per heavy atom. The van der Waals surface area contributed by atoms with Crippen LogP contribution in [0.1, 0.15) is 46.3 Å². The first-order valence-electron chi connectivity index (χ1n) is 9.77. The number of amides is 1. The topological polar surface area (TPSA) is 49.4 Å². The minimum absolute atomic E-state index is 0.0510. The Bertz CT molecular complexity index is 1000. The van der Waals surface area contributed by atoms with Crippen LogP contribution in [-0.2, 0) is 23.9 Å². The second kappa shape index (κ2) is 8.04. The summed E-state index contributed by atoms with van der Waals surface area (Å²) in [4.78, 5) is 27.4. The summed E-state index contributed by atoms with van der Waals surface area (Å²) in [6.07, 6.45) is -1.48. The smallest absolute Gasteiger partial charge is 0.325 e. The Labute approximate surface area is 177 Å². The highest BCUT2D eigenvalue weighted by Crippen LogP contribution is 2.35. The number of fused-ring (bicyclic) bond motifs is 1. The Morgan fingerprint density at radius 3 is 2.60 bits per heavy atom. The molecule has 1 saturated carbocycles. The van der Waals surface area contributed by atoms with Crippen LogP contribution in [0.3, 0.4) is 0 Å². The largest absolute Gasteiger partial charge is 0.417 e. The van der Waals surface area contributed by atoms with Crippen LogP contribution in [0.25, 0.3) is 0 Å². The zero-order valence-electron chi connectivity index (χ0n) is 16.1. The van der Waals surface area contributed by atoms with E-state index in [0.29, 0.717) is 30.4 Å². The van der Waals surface area contributed by atoms with Crippen molar-refractivity contribution >= 4 is 29.0 Å². The molecule has 8 heteroatoms. The van der Waals surface area contributed by atoms with Crippen LogP contribution in [0.2, 0.25) is 5.02 Å². The van der Waals surface area contributed by atoms with Gasteiger partial charge < -0.3 is 5.32 Å². The standard InChI is InChI=1S/C22H20ClF3N2O2/c23-17-8-7-13(9-16(17)22(24,25)26)10-20(30)27-18-6-1-3-14-11-28(15-4-2-5-15)12-19(29)21(14)18/h1,3,6-9,15H,2,4-5,10-12H2,(H,27,30). The number of nitrogens with one attached hydrogen (secondary N) is 1. The monoisotopic (exact) mass is 436 g/mol. The Balaban J connectivity index is 1.50. The Kier molecular flexibility index (Phi) is 5.59. The van der Waals surface area contributed by atoms with Crippen LogP contribution in [-0.4, -0.2) is 29.2 Å². The second-order valence-corrected chi connectivity index (χ2v) is 8.20. The molecule has 0 atom stereocenters. The van der Waals surface area contributed by atoms with E-state index in [1.165, 1.54) is 12.5 Å². The van der Waals surface area contributed by atoms with E-state index in [2.05, 4.69) is 10.2 Å². The fraction of sp³-hybridized carbons (Fsp3) is 0.364. The van der Waals surface area contributed by atoms with Gasteiger partial charge in [-0.1, -0.05) is 36.2 Å². The van der Waals surface area contributed by atoms with Crippen molar-refractivity contribution in [1.29, 1.82) is 0 Å². The number of halogens is 4. The number of Topliss-reactive ketones (excluding diaryl/α,β-unsaturated/α-hetero) is 1. The zero-order valence-corrected chi connectivity index (χ0v) is 16.8. The first kappa shape index (κ1) is 20.9. The Morgan fingerprint density at radius 2 is 1.93 bits per heavy atom. The summed E-state index contributed by atoms with van der Waals surface area (Å²) in [6.45, 7) is 0.970. The molecule has 2 aromatic carbocycles. The molecule has 0 aromatic heterocycles. The molecule has 4 rings (SSSR count). The summed E-state index contributed by atoms with van der Waals surface area (Å²) >= 11 is 5.63. The summed E-state index contributed by atoms with van der Waals surface area (Å²) in [6, 6.07) is 9.14. The Hall–Kier alpha value is -2.38. The number of ketones is 1. The molecule has 1 heterocycles. The molecule has 30 heavy (non-hydrogen) atoms. The first-order chi connectivity index (χ1) is 14.2. The van der Waals surface area contributed by atoms with Gasteiger partial charge in [0.1, 0.15) is 0 Å². The molecule has 2 aliphatic rings. The lowest BCUT2D eigenvalue weighted by atomic mass is 9.88. The van der Waals surface area contributed by atoms with Crippen molar-refractivity contribution in [1.82, 2.24) is 4.90 Å². The van der Waals surface area contributed by atoms with Crippen LogP contribution in [0.5, 0.6) is 0 Å². The van der Waals surface area contributed by atoms with Gasteiger partial charge in [-0.05, 0) is 42.2 Å². The second-order valence-electron chi connectivity index (χ2n) is 7.79. The first-order valence-corrected chi connectivity index (χ1v) is 10.1. The zero-order chi connectivity index (χ0) is 21.5. The molecule has 4 nitrogen and oxygen atoms in total. The van der Waals surface area contributed by atoms with E-state index in [0.717, 1.165) is 30.5 Å². The number of anilines is 1. The third-order valence-corrected chi connectivity index (χ3v) is 6.05. The lowest BCUT2D eigenvalue weighted by molar-refractivity contribution is -0.137. The highest BCUT2D eigenvalue weighted by molar-refractivity contribution is 6.31. The molecule has 2 aromatic rings. The average molecular weight is 437 g/mol. The van der Waals surface area contributed by atoms with Crippen molar-refractivity contribution in [2.24, 2.45) is 0 Å². The molecule has 1 aliphatic carbocycles. The van der Waals surface area contributed by atoms with Gasteiger partial charge in [0.2, 0.25) is 5.91 Å². The molecular formula is C22H20ClF3N2O2. The van der Waals surface area contributed by atoms with Gasteiger partial charge >= 0.3 is 6.18 Å². The molecule has 1 aliphatic heterocycles. The van der Waals surface area contributed by atoms with Crippen LogP contribution >= 0.6 is 11.6 Å². The number of carbonyl (C=O) groups is 2. The van der Waals surface area contributed by atoms with Crippen molar-refractivity contribution in [3.05, 3.63) is 63.7 Å². The minimum atomic E-state index is -4.60. The molecular weight excluding hydrogens is 417 g/mol. The average Bonchev–Trinajstić information content (AvgIpc) is 2.61. The van der Waals surface area contributed by atoms with Crippen LogP contribution < -0.4 is 5.32 Å². The molecule has 158 valence electrons. The fourth-order valence-corrected chi connectivity index (χ4v) is 4.22. The number of benzene rings is 2. The van der Waals surface area contributed by atoms with E-state index in [-0.39, 0.29) is 17.8 Å². The van der Waals surface area contributed by atoms with E-state index in [9.17, 15) is 22.8 Å². The van der Waals surface area contributed by atoms with Crippen LogP contribution in [0.4, 0.5) is 18.9 Å². The summed E-state index contributed by atoms with van der Waals surface area (Å²) in [5.41, 5.74) is 0.977. The number of nitrogens with zero attached hydrogens (tertiary/aromatic N) is 1. The molecule has 0 unspecified atom stereocenters. The fourth-order valence-electron chi connectivity index (χ4n) is 3.99. The number of hydrogen-bond donors (Lipinski definition) is 1. The number of alkyl halides is 3. The van der Waals surface area contributed by atoms with E-state index >= 15 is 0 Å². The van der Waals surface area contributed by atoms with Crippen molar-refractivity contribution < 1.29 is 22.8 Å². The normalized spacial score (nSPS) is 17.4. The molecule has 0 radical (unpaired) electrons. The maximum Gasteiger partial charge on any atom is 0.417 e. The lowest BCUT2D eigenvalue weighted by Crippen LogP contribution is -2.45. The van der Waals surface area contributed by atoms with Gasteiger partial charge in [-0.15, -0.1) is 0 Å². The van der Waals surface area contributed by atoms with E-state index in [4.69, 9.17) is 11.6 Å². The van der Waals surface area contributed by atoms with Crippen molar-refractivity contribution in [3.8, 4) is 0 Å². The summed E-state index contributed by atoms with van der Waals surface area (Å²) in [5.74, 6) is -0.544. The highest BCUT2D eigenvalue weighted by atomic mass is 35.5. The lowest BCUT2D eigenvalue weighted by Gasteiger charge is -2.40. The summed E-state index contributed by atoms with van der Waals surface area (Å²) in [7, 11) is 0. The van der Waals surface area contributed by atoms with Crippen molar-refractivity contribution in [3.63, 3.8) is 0 Å². The van der Waals surface area contributed by atoms with Gasteiger partial charge in [-0.25, -0.2) is 0 Å². The number of hydrogen-bond acceptors (Lipinski definition) is 3. The molecule has 0 saturated heterocycles. The quantitative estimate of drug-likeness (QED) is 0.726. The minimum Gasteiger partial charge on any atom is -0.325 e. The molecule has 1 fully saturated rings. The highest BCUT2D eigenvalue weighted by Gasteiger charge is 2.34. The van der Waals surface area contributed by atoms with Gasteiger partial charge in [0.05, 0.1) is 29.2 Å². The predicted molar refractivity (Wildman–Crippen MR) is 108 cm³/mol. The van der Waals surface area contributed by atoms with E-state index in [1.807, 2.05) is 6.07 Å². The molecule has 0 spiro atoms. The maximum atomic E-state index is 13.0. The van der Waals surface area contributed by atoms with Gasteiger partial charge in [0.25, 0.3) is 0 Å².